The lowest BCUT2D eigenvalue weighted by Gasteiger charge is -2.01. The van der Waals surface area contributed by atoms with Crippen LogP contribution in [0.4, 0.5) is 0 Å². The van der Waals surface area contributed by atoms with Gasteiger partial charge in [0.2, 0.25) is 0 Å². The molecule has 0 aliphatic heterocycles. The molecule has 0 aliphatic rings. The Labute approximate surface area is 106 Å². The molecule has 0 aromatic carbocycles. The van der Waals surface area contributed by atoms with E-state index in [1.54, 1.807) is 16.7 Å². The number of aryl methyl sites for hydroxylation is 1. The zero-order valence-electron chi connectivity index (χ0n) is 9.17. The molecule has 4 nitrogen and oxygen atoms in total. The van der Waals surface area contributed by atoms with Crippen molar-refractivity contribution in [3.05, 3.63) is 32.1 Å². The number of rotatable bonds is 4. The SMILES string of the molecule is CCc1ccc(-c2csc(=O)n2CC(=O)O)s1. The molecule has 2 heterocycles. The summed E-state index contributed by atoms with van der Waals surface area (Å²) >= 11 is 2.63. The lowest BCUT2D eigenvalue weighted by atomic mass is 10.3. The summed E-state index contributed by atoms with van der Waals surface area (Å²) in [5, 5.41) is 10.5. The molecule has 0 atom stereocenters. The minimum atomic E-state index is -1.00. The summed E-state index contributed by atoms with van der Waals surface area (Å²) in [6.07, 6.45) is 0.942. The summed E-state index contributed by atoms with van der Waals surface area (Å²) in [6, 6.07) is 3.94. The van der Waals surface area contributed by atoms with Crippen molar-refractivity contribution in [2.24, 2.45) is 0 Å². The molecule has 0 radical (unpaired) electrons. The van der Waals surface area contributed by atoms with Crippen molar-refractivity contribution in [1.29, 1.82) is 0 Å². The number of hydrogen-bond donors (Lipinski definition) is 1. The van der Waals surface area contributed by atoms with Crippen molar-refractivity contribution in [2.75, 3.05) is 0 Å². The number of hydrogen-bond acceptors (Lipinski definition) is 4. The maximum absolute atomic E-state index is 11.5. The smallest absolute Gasteiger partial charge is 0.323 e. The number of carbonyl (C=O) groups is 1. The van der Waals surface area contributed by atoms with Crippen LogP contribution in [0.15, 0.2) is 22.3 Å². The summed E-state index contributed by atoms with van der Waals surface area (Å²) in [5.41, 5.74) is 0.701. The highest BCUT2D eigenvalue weighted by Crippen LogP contribution is 2.28. The zero-order chi connectivity index (χ0) is 12.4. The van der Waals surface area contributed by atoms with E-state index < -0.39 is 5.97 Å². The Morgan fingerprint density at radius 2 is 2.24 bits per heavy atom. The van der Waals surface area contributed by atoms with Crippen LogP contribution in [0.1, 0.15) is 11.8 Å². The van der Waals surface area contributed by atoms with Gasteiger partial charge in [0.25, 0.3) is 0 Å². The van der Waals surface area contributed by atoms with Gasteiger partial charge >= 0.3 is 10.8 Å². The van der Waals surface area contributed by atoms with Crippen LogP contribution in [0.25, 0.3) is 10.6 Å². The molecule has 6 heteroatoms. The van der Waals surface area contributed by atoms with Crippen LogP contribution in [-0.4, -0.2) is 15.6 Å². The molecule has 17 heavy (non-hydrogen) atoms. The fourth-order valence-corrected chi connectivity index (χ4v) is 3.32. The molecule has 2 rings (SSSR count). The van der Waals surface area contributed by atoms with Crippen molar-refractivity contribution in [1.82, 2.24) is 4.57 Å². The second kappa shape index (κ2) is 4.85. The van der Waals surface area contributed by atoms with Gasteiger partial charge < -0.3 is 5.11 Å². The van der Waals surface area contributed by atoms with Crippen molar-refractivity contribution in [3.63, 3.8) is 0 Å². The normalized spacial score (nSPS) is 10.6. The Balaban J connectivity index is 2.44. The molecule has 0 amide bonds. The predicted octanol–water partition coefficient (Wildman–Crippen LogP) is 2.29. The van der Waals surface area contributed by atoms with E-state index in [2.05, 4.69) is 6.92 Å². The van der Waals surface area contributed by atoms with Crippen LogP contribution in [-0.2, 0) is 17.8 Å². The summed E-state index contributed by atoms with van der Waals surface area (Å²) < 4.78 is 1.30. The molecule has 0 saturated heterocycles. The molecule has 0 spiro atoms. The molecule has 0 unspecified atom stereocenters. The van der Waals surface area contributed by atoms with E-state index in [-0.39, 0.29) is 11.4 Å². The molecule has 2 aromatic heterocycles. The summed E-state index contributed by atoms with van der Waals surface area (Å²) in [5.74, 6) is -1.00. The second-order valence-corrected chi connectivity index (χ2v) is 5.48. The first-order valence-corrected chi connectivity index (χ1v) is 6.80. The molecule has 0 saturated carbocycles. The topological polar surface area (TPSA) is 59.3 Å². The maximum atomic E-state index is 11.5. The number of carboxylic acid groups (broad SMARTS) is 1. The molecule has 90 valence electrons. The van der Waals surface area contributed by atoms with Crippen molar-refractivity contribution >= 4 is 28.6 Å². The van der Waals surface area contributed by atoms with E-state index in [9.17, 15) is 9.59 Å². The lowest BCUT2D eigenvalue weighted by Crippen LogP contribution is -2.19. The molecule has 0 bridgehead atoms. The van der Waals surface area contributed by atoms with Crippen molar-refractivity contribution in [3.8, 4) is 10.6 Å². The van der Waals surface area contributed by atoms with Crippen LogP contribution in [0, 0.1) is 0 Å². The third-order valence-electron chi connectivity index (χ3n) is 2.34. The number of thiazole rings is 1. The molecule has 0 fully saturated rings. The molecule has 2 aromatic rings. The number of thiophene rings is 1. The highest BCUT2D eigenvalue weighted by molar-refractivity contribution is 7.16. The first-order valence-electron chi connectivity index (χ1n) is 5.11. The Bertz CT molecular complexity index is 594. The summed E-state index contributed by atoms with van der Waals surface area (Å²) in [7, 11) is 0. The van der Waals surface area contributed by atoms with Gasteiger partial charge in [0, 0.05) is 10.3 Å². The van der Waals surface area contributed by atoms with Gasteiger partial charge in [-0.1, -0.05) is 18.3 Å². The van der Waals surface area contributed by atoms with E-state index in [0.717, 1.165) is 22.6 Å². The largest absolute Gasteiger partial charge is 0.480 e. The minimum Gasteiger partial charge on any atom is -0.480 e. The highest BCUT2D eigenvalue weighted by Gasteiger charge is 2.13. The van der Waals surface area contributed by atoms with E-state index >= 15 is 0 Å². The van der Waals surface area contributed by atoms with Crippen LogP contribution < -0.4 is 4.87 Å². The van der Waals surface area contributed by atoms with Gasteiger partial charge in [0.15, 0.2) is 0 Å². The first-order chi connectivity index (χ1) is 8.11. The number of aliphatic carboxylic acids is 1. The van der Waals surface area contributed by atoms with Gasteiger partial charge in [-0.05, 0) is 18.6 Å². The van der Waals surface area contributed by atoms with E-state index in [1.807, 2.05) is 12.1 Å². The zero-order valence-corrected chi connectivity index (χ0v) is 10.8. The molecule has 1 N–H and O–H groups in total. The Hall–Kier alpha value is -1.40. The first kappa shape index (κ1) is 12.1. The van der Waals surface area contributed by atoms with Gasteiger partial charge in [-0.3, -0.25) is 14.2 Å². The van der Waals surface area contributed by atoms with Crippen molar-refractivity contribution in [2.45, 2.75) is 19.9 Å². The number of carboxylic acids is 1. The van der Waals surface area contributed by atoms with Crippen LogP contribution >= 0.6 is 22.7 Å². The third-order valence-corrected chi connectivity index (χ3v) is 4.35. The number of aromatic nitrogens is 1. The monoisotopic (exact) mass is 269 g/mol. The fourth-order valence-electron chi connectivity index (χ4n) is 1.51. The van der Waals surface area contributed by atoms with E-state index in [0.29, 0.717) is 5.69 Å². The average molecular weight is 269 g/mol. The van der Waals surface area contributed by atoms with Gasteiger partial charge in [0.05, 0.1) is 10.6 Å². The second-order valence-electron chi connectivity index (χ2n) is 3.49. The Morgan fingerprint density at radius 1 is 1.47 bits per heavy atom. The van der Waals surface area contributed by atoms with Gasteiger partial charge in [0.1, 0.15) is 6.54 Å². The summed E-state index contributed by atoms with van der Waals surface area (Å²) in [6.45, 7) is 1.78. The minimum absolute atomic E-state index is 0.228. The predicted molar refractivity (Wildman–Crippen MR) is 68.9 cm³/mol. The molecular formula is C11H11NO3S2. The van der Waals surface area contributed by atoms with Gasteiger partial charge in [-0.15, -0.1) is 11.3 Å². The molecule has 0 aliphatic carbocycles. The Morgan fingerprint density at radius 3 is 2.82 bits per heavy atom. The van der Waals surface area contributed by atoms with Gasteiger partial charge in [-0.25, -0.2) is 0 Å². The van der Waals surface area contributed by atoms with Crippen LogP contribution in [0.5, 0.6) is 0 Å². The highest BCUT2D eigenvalue weighted by atomic mass is 32.1. The standard InChI is InChI=1S/C11H11NO3S2/c1-2-7-3-4-9(17-7)8-6-16-11(15)12(8)5-10(13)14/h3-4,6H,2,5H2,1H3,(H,13,14). The van der Waals surface area contributed by atoms with E-state index in [4.69, 9.17) is 5.11 Å². The average Bonchev–Trinajstić information content (AvgIpc) is 2.86. The van der Waals surface area contributed by atoms with Crippen molar-refractivity contribution < 1.29 is 9.90 Å². The lowest BCUT2D eigenvalue weighted by molar-refractivity contribution is -0.137. The maximum Gasteiger partial charge on any atom is 0.323 e. The Kier molecular flexibility index (Phi) is 3.44. The van der Waals surface area contributed by atoms with Crippen LogP contribution in [0.2, 0.25) is 0 Å². The van der Waals surface area contributed by atoms with Gasteiger partial charge in [-0.2, -0.15) is 0 Å². The number of nitrogens with zero attached hydrogens (tertiary/aromatic N) is 1. The summed E-state index contributed by atoms with van der Waals surface area (Å²) in [4.78, 5) is 24.2. The van der Waals surface area contributed by atoms with Crippen LogP contribution in [0.3, 0.4) is 0 Å². The third kappa shape index (κ3) is 2.48. The molecular weight excluding hydrogens is 258 g/mol. The quantitative estimate of drug-likeness (QED) is 0.926. The fraction of sp³-hybridized carbons (Fsp3) is 0.273. The van der Waals surface area contributed by atoms with E-state index in [1.165, 1.54) is 9.44 Å².